The maximum atomic E-state index is 12.0. The normalized spacial score (nSPS) is 11.2. The topological polar surface area (TPSA) is 72.4 Å². The van der Waals surface area contributed by atoms with Gasteiger partial charge in [0.15, 0.2) is 10.7 Å². The zero-order valence-electron chi connectivity index (χ0n) is 11.0. The Morgan fingerprint density at radius 1 is 1.57 bits per heavy atom. The molecular weight excluding hydrogens is 284 g/mol. The van der Waals surface area contributed by atoms with Gasteiger partial charge in [0.05, 0.1) is 12.6 Å². The first-order valence-electron chi connectivity index (χ1n) is 6.08. The number of nitrogens with two attached hydrogens (primary N) is 1. The second kappa shape index (κ2) is 6.67. The Morgan fingerprint density at radius 2 is 2.33 bits per heavy atom. The van der Waals surface area contributed by atoms with Gasteiger partial charge in [0.1, 0.15) is 5.82 Å². The Hall–Kier alpha value is -2.67. The van der Waals surface area contributed by atoms with Crippen molar-refractivity contribution >= 4 is 28.7 Å². The fourth-order valence-electron chi connectivity index (χ4n) is 1.74. The summed E-state index contributed by atoms with van der Waals surface area (Å²) in [6.45, 7) is 7.10. The Bertz CT molecular complexity index is 739. The fourth-order valence-corrected chi connectivity index (χ4v) is 2.29. The highest BCUT2D eigenvalue weighted by Crippen LogP contribution is 2.20. The van der Waals surface area contributed by atoms with Crippen LogP contribution in [0.15, 0.2) is 29.6 Å². The van der Waals surface area contributed by atoms with Crippen molar-refractivity contribution in [1.82, 2.24) is 4.98 Å². The Kier molecular flexibility index (Phi) is 4.68. The van der Waals surface area contributed by atoms with Gasteiger partial charge in [0, 0.05) is 5.38 Å². The molecule has 5 nitrogen and oxygen atoms in total. The number of carbonyl (C=O) groups is 1. The summed E-state index contributed by atoms with van der Waals surface area (Å²) in [7, 11) is 0. The number of nitrogens with zero attached hydrogens (tertiary/aromatic N) is 2. The molecule has 0 bridgehead atoms. The molecule has 1 aromatic heterocycles. The molecule has 1 aromatic carbocycles. The van der Waals surface area contributed by atoms with Gasteiger partial charge in [-0.1, -0.05) is 24.3 Å². The number of para-hydroxylation sites is 1. The van der Waals surface area contributed by atoms with Crippen molar-refractivity contribution in [2.45, 2.75) is 12.5 Å². The summed E-state index contributed by atoms with van der Waals surface area (Å²) < 4.78 is 0. The van der Waals surface area contributed by atoms with Crippen LogP contribution in [-0.2, 0) is 11.2 Å². The molecule has 0 aliphatic rings. The molecule has 104 valence electrons. The quantitative estimate of drug-likeness (QED) is 0.671. The number of benzene rings is 1. The summed E-state index contributed by atoms with van der Waals surface area (Å²) in [5, 5.41) is 4.77. The van der Waals surface area contributed by atoms with Gasteiger partial charge in [-0.25, -0.2) is 9.83 Å². The molecule has 1 amide bonds. The predicted octanol–water partition coefficient (Wildman–Crippen LogP) is 2.18. The van der Waals surface area contributed by atoms with Crippen LogP contribution < -0.4 is 11.1 Å². The first-order chi connectivity index (χ1) is 10.1. The highest BCUT2D eigenvalue weighted by molar-refractivity contribution is 7.10. The highest BCUT2D eigenvalue weighted by atomic mass is 32.1. The van der Waals surface area contributed by atoms with E-state index in [9.17, 15) is 4.79 Å². The van der Waals surface area contributed by atoms with E-state index in [1.54, 1.807) is 23.6 Å². The zero-order valence-corrected chi connectivity index (χ0v) is 11.9. The van der Waals surface area contributed by atoms with E-state index < -0.39 is 6.04 Å². The van der Waals surface area contributed by atoms with Crippen molar-refractivity contribution in [2.24, 2.45) is 5.73 Å². The number of terminal acetylenes is 1. The molecule has 0 aliphatic carbocycles. The summed E-state index contributed by atoms with van der Waals surface area (Å²) in [5.74, 6) is 2.43. The fraction of sp³-hybridized carbons (Fsp3) is 0.133. The summed E-state index contributed by atoms with van der Waals surface area (Å²) >= 11 is 1.27. The monoisotopic (exact) mass is 296 g/mol. The number of nitrogens with one attached hydrogen (secondary N) is 1. The van der Waals surface area contributed by atoms with E-state index in [0.717, 1.165) is 5.56 Å². The van der Waals surface area contributed by atoms with E-state index in [0.29, 0.717) is 16.5 Å². The summed E-state index contributed by atoms with van der Waals surface area (Å²) in [6, 6.07) is 6.32. The average Bonchev–Trinajstić information content (AvgIpc) is 2.95. The molecule has 6 heteroatoms. The number of hydrogen-bond acceptors (Lipinski definition) is 4. The molecule has 3 N–H and O–H groups in total. The lowest BCUT2D eigenvalue weighted by Gasteiger charge is -2.12. The molecule has 0 radical (unpaired) electrons. The van der Waals surface area contributed by atoms with Crippen LogP contribution in [0.4, 0.5) is 11.5 Å². The first kappa shape index (κ1) is 14.7. The zero-order chi connectivity index (χ0) is 15.2. The number of aromatic nitrogens is 1. The molecule has 0 fully saturated rings. The van der Waals surface area contributed by atoms with Gasteiger partial charge in [-0.2, -0.15) is 0 Å². The van der Waals surface area contributed by atoms with E-state index in [2.05, 4.69) is 21.1 Å². The van der Waals surface area contributed by atoms with Crippen molar-refractivity contribution in [3.05, 3.63) is 51.6 Å². The minimum Gasteiger partial charge on any atom is -0.320 e. The van der Waals surface area contributed by atoms with Crippen molar-refractivity contribution in [1.29, 1.82) is 0 Å². The lowest BCUT2D eigenvalue weighted by Crippen LogP contribution is -2.37. The molecule has 2 rings (SSSR count). The lowest BCUT2D eigenvalue weighted by molar-refractivity contribution is -0.117. The molecular formula is C15H12N4OS. The Morgan fingerprint density at radius 3 is 3.00 bits per heavy atom. The Balaban J connectivity index is 2.03. The summed E-state index contributed by atoms with van der Waals surface area (Å²) in [6.07, 6.45) is 5.51. The third-order valence-corrected chi connectivity index (χ3v) is 3.54. The van der Waals surface area contributed by atoms with E-state index in [1.807, 2.05) is 6.07 Å². The van der Waals surface area contributed by atoms with Gasteiger partial charge in [-0.15, -0.1) is 17.8 Å². The third-order valence-electron chi connectivity index (χ3n) is 2.77. The van der Waals surface area contributed by atoms with Crippen molar-refractivity contribution in [2.75, 3.05) is 5.32 Å². The van der Waals surface area contributed by atoms with Crippen LogP contribution >= 0.6 is 11.3 Å². The van der Waals surface area contributed by atoms with Gasteiger partial charge >= 0.3 is 0 Å². The van der Waals surface area contributed by atoms with E-state index >= 15 is 0 Å². The minimum atomic E-state index is -0.760. The first-order valence-corrected chi connectivity index (χ1v) is 6.96. The highest BCUT2D eigenvalue weighted by Gasteiger charge is 2.16. The second-order valence-electron chi connectivity index (χ2n) is 4.22. The Labute approximate surface area is 126 Å². The van der Waals surface area contributed by atoms with Gasteiger partial charge < -0.3 is 11.1 Å². The van der Waals surface area contributed by atoms with E-state index in [4.69, 9.17) is 18.7 Å². The average molecular weight is 296 g/mol. The number of thiazole rings is 1. The van der Waals surface area contributed by atoms with Crippen molar-refractivity contribution < 1.29 is 4.79 Å². The van der Waals surface area contributed by atoms with Gasteiger partial charge in [0.25, 0.3) is 0 Å². The number of hydrogen-bond donors (Lipinski definition) is 2. The second-order valence-corrected chi connectivity index (χ2v) is 5.08. The maximum absolute atomic E-state index is 12.0. The van der Waals surface area contributed by atoms with Crippen LogP contribution in [0, 0.1) is 18.9 Å². The van der Waals surface area contributed by atoms with E-state index in [-0.39, 0.29) is 12.3 Å². The van der Waals surface area contributed by atoms with Crippen LogP contribution in [0.3, 0.4) is 0 Å². The maximum Gasteiger partial charge on any atom is 0.242 e. The number of carbonyl (C=O) groups excluding carboxylic acids is 1. The van der Waals surface area contributed by atoms with Gasteiger partial charge in [-0.3, -0.25) is 4.79 Å². The molecule has 2 aromatic rings. The molecule has 0 unspecified atom stereocenters. The standard InChI is InChI=1S/C15H12N4OS/c1-3-14-18-13(9-21-14)19-15(20)11(16)8-10-6-4-5-7-12(10)17-2/h1,4-7,9,11H,8,16H2,(H,19,20)/t11-/m0/s1. The number of anilines is 1. The van der Waals surface area contributed by atoms with Crippen LogP contribution in [0.2, 0.25) is 0 Å². The molecule has 0 saturated carbocycles. The van der Waals surface area contributed by atoms with Crippen LogP contribution in [0.25, 0.3) is 4.85 Å². The van der Waals surface area contributed by atoms with Crippen LogP contribution in [0.5, 0.6) is 0 Å². The van der Waals surface area contributed by atoms with Gasteiger partial charge in [0.2, 0.25) is 5.91 Å². The molecule has 0 spiro atoms. The molecule has 1 atom stereocenters. The van der Waals surface area contributed by atoms with Crippen LogP contribution in [0.1, 0.15) is 10.6 Å². The number of amides is 1. The van der Waals surface area contributed by atoms with E-state index in [1.165, 1.54) is 11.3 Å². The number of rotatable bonds is 4. The minimum absolute atomic E-state index is 0.288. The SMILES string of the molecule is [C-]#[N+]c1ccccc1C[C@H](N)C(=O)Nc1csc(C#C)n1. The lowest BCUT2D eigenvalue weighted by atomic mass is 10.0. The third kappa shape index (κ3) is 3.67. The summed E-state index contributed by atoms with van der Waals surface area (Å²) in [5.41, 5.74) is 7.13. The largest absolute Gasteiger partial charge is 0.320 e. The molecule has 21 heavy (non-hydrogen) atoms. The van der Waals surface area contributed by atoms with Crippen LogP contribution in [-0.4, -0.2) is 16.9 Å². The molecule has 1 heterocycles. The van der Waals surface area contributed by atoms with Gasteiger partial charge in [-0.05, 0) is 17.9 Å². The predicted molar refractivity (Wildman–Crippen MR) is 83.1 cm³/mol. The van der Waals surface area contributed by atoms with Crippen molar-refractivity contribution in [3.63, 3.8) is 0 Å². The van der Waals surface area contributed by atoms with Crippen molar-refractivity contribution in [3.8, 4) is 12.3 Å². The molecule has 0 aliphatic heterocycles. The smallest absolute Gasteiger partial charge is 0.242 e. The summed E-state index contributed by atoms with van der Waals surface area (Å²) in [4.78, 5) is 19.5. The molecule has 0 saturated heterocycles.